The summed E-state index contributed by atoms with van der Waals surface area (Å²) in [5.41, 5.74) is 1.36. The standard InChI is InChI=1S/C21H23FN4O3S/c1-13-17-19(27)24-16(12-26-8-10-29-11-9-26)25-21(17)30-18(13)20(28)23-7-6-14-2-4-15(22)5-3-14/h2-5H,6-12H2,1H3,(H,23,28)(H,24,25,27). The SMILES string of the molecule is Cc1c(C(=O)NCCc2ccc(F)cc2)sc2nc(CN3CCOCC3)[nH]c(=O)c12. The van der Waals surface area contributed by atoms with Crippen LogP contribution in [0.3, 0.4) is 0 Å². The molecule has 0 aliphatic carbocycles. The Hall–Kier alpha value is -2.62. The van der Waals surface area contributed by atoms with E-state index in [1.165, 1.54) is 23.5 Å². The quantitative estimate of drug-likeness (QED) is 0.626. The number of ether oxygens (including phenoxy) is 1. The van der Waals surface area contributed by atoms with Gasteiger partial charge in [0.2, 0.25) is 0 Å². The molecular formula is C21H23FN4O3S. The molecule has 1 aliphatic rings. The number of carbonyl (C=O) groups is 1. The number of halogens is 1. The van der Waals surface area contributed by atoms with Gasteiger partial charge in [0.25, 0.3) is 11.5 Å². The van der Waals surface area contributed by atoms with Crippen molar-refractivity contribution in [3.05, 3.63) is 62.3 Å². The molecule has 2 aromatic heterocycles. The molecule has 0 radical (unpaired) electrons. The fourth-order valence-electron chi connectivity index (χ4n) is 3.50. The Morgan fingerprint density at radius 1 is 1.30 bits per heavy atom. The monoisotopic (exact) mass is 430 g/mol. The molecule has 158 valence electrons. The number of benzene rings is 1. The summed E-state index contributed by atoms with van der Waals surface area (Å²) < 4.78 is 18.3. The Labute approximate surface area is 176 Å². The molecule has 1 amide bonds. The molecule has 30 heavy (non-hydrogen) atoms. The van der Waals surface area contributed by atoms with Crippen molar-refractivity contribution in [3.63, 3.8) is 0 Å². The van der Waals surface area contributed by atoms with E-state index in [0.29, 0.717) is 59.2 Å². The van der Waals surface area contributed by atoms with Gasteiger partial charge < -0.3 is 15.0 Å². The number of hydrogen-bond acceptors (Lipinski definition) is 6. The van der Waals surface area contributed by atoms with Crippen LogP contribution in [0.25, 0.3) is 10.2 Å². The van der Waals surface area contributed by atoms with Gasteiger partial charge in [-0.15, -0.1) is 11.3 Å². The molecule has 0 atom stereocenters. The molecule has 1 fully saturated rings. The van der Waals surface area contributed by atoms with Gasteiger partial charge in [0.05, 0.1) is 30.0 Å². The first-order valence-corrected chi connectivity index (χ1v) is 10.7. The highest BCUT2D eigenvalue weighted by Gasteiger charge is 2.20. The second-order valence-corrected chi connectivity index (χ2v) is 8.27. The van der Waals surface area contributed by atoms with Gasteiger partial charge >= 0.3 is 0 Å². The van der Waals surface area contributed by atoms with Crippen LogP contribution in [0.15, 0.2) is 29.1 Å². The molecule has 1 aliphatic heterocycles. The van der Waals surface area contributed by atoms with E-state index in [-0.39, 0.29) is 17.3 Å². The number of nitrogens with one attached hydrogen (secondary N) is 2. The summed E-state index contributed by atoms with van der Waals surface area (Å²) in [5.74, 6) is 0.0834. The van der Waals surface area contributed by atoms with Crippen LogP contribution in [-0.4, -0.2) is 53.6 Å². The van der Waals surface area contributed by atoms with Gasteiger partial charge in [-0.3, -0.25) is 14.5 Å². The smallest absolute Gasteiger partial charge is 0.261 e. The topological polar surface area (TPSA) is 87.3 Å². The van der Waals surface area contributed by atoms with Crippen molar-refractivity contribution >= 4 is 27.5 Å². The van der Waals surface area contributed by atoms with Gasteiger partial charge in [-0.2, -0.15) is 0 Å². The number of aromatic nitrogens is 2. The van der Waals surface area contributed by atoms with E-state index in [9.17, 15) is 14.0 Å². The van der Waals surface area contributed by atoms with Crippen LogP contribution in [0, 0.1) is 12.7 Å². The molecule has 9 heteroatoms. The second-order valence-electron chi connectivity index (χ2n) is 7.27. The maximum Gasteiger partial charge on any atom is 0.261 e. The molecule has 3 heterocycles. The maximum absolute atomic E-state index is 13.0. The van der Waals surface area contributed by atoms with Gasteiger partial charge in [0.15, 0.2) is 0 Å². The molecule has 2 N–H and O–H groups in total. The minimum absolute atomic E-state index is 0.220. The van der Waals surface area contributed by atoms with E-state index in [1.54, 1.807) is 19.1 Å². The Balaban J connectivity index is 1.47. The Morgan fingerprint density at radius 3 is 2.77 bits per heavy atom. The number of aryl methyl sites for hydroxylation is 1. The third-order valence-electron chi connectivity index (χ3n) is 5.15. The summed E-state index contributed by atoms with van der Waals surface area (Å²) in [6.45, 7) is 5.68. The van der Waals surface area contributed by atoms with Gasteiger partial charge in [-0.1, -0.05) is 12.1 Å². The summed E-state index contributed by atoms with van der Waals surface area (Å²) in [6, 6.07) is 6.21. The zero-order valence-corrected chi connectivity index (χ0v) is 17.5. The highest BCUT2D eigenvalue weighted by atomic mass is 32.1. The van der Waals surface area contributed by atoms with Crippen molar-refractivity contribution in [2.24, 2.45) is 0 Å². The number of morpholine rings is 1. The van der Waals surface area contributed by atoms with Crippen molar-refractivity contribution in [1.82, 2.24) is 20.2 Å². The minimum atomic E-state index is -0.283. The number of hydrogen-bond donors (Lipinski definition) is 2. The Kier molecular flexibility index (Phi) is 6.21. The third-order valence-corrected chi connectivity index (χ3v) is 6.33. The molecular weight excluding hydrogens is 407 g/mol. The molecule has 1 aromatic carbocycles. The number of carbonyl (C=O) groups excluding carboxylic acids is 1. The molecule has 1 saturated heterocycles. The normalized spacial score (nSPS) is 14.9. The minimum Gasteiger partial charge on any atom is -0.379 e. The van der Waals surface area contributed by atoms with Crippen LogP contribution in [-0.2, 0) is 17.7 Å². The van der Waals surface area contributed by atoms with E-state index >= 15 is 0 Å². The lowest BCUT2D eigenvalue weighted by Crippen LogP contribution is -2.36. The summed E-state index contributed by atoms with van der Waals surface area (Å²) >= 11 is 1.23. The van der Waals surface area contributed by atoms with Crippen molar-refractivity contribution in [2.45, 2.75) is 19.9 Å². The van der Waals surface area contributed by atoms with Crippen molar-refractivity contribution in [1.29, 1.82) is 0 Å². The first kappa shape index (κ1) is 20.6. The number of rotatable bonds is 6. The van der Waals surface area contributed by atoms with Crippen molar-refractivity contribution in [2.75, 3.05) is 32.8 Å². The zero-order chi connectivity index (χ0) is 21.1. The van der Waals surface area contributed by atoms with Crippen LogP contribution in [0.4, 0.5) is 4.39 Å². The van der Waals surface area contributed by atoms with Gasteiger partial charge in [-0.25, -0.2) is 9.37 Å². The lowest BCUT2D eigenvalue weighted by atomic mass is 10.1. The summed E-state index contributed by atoms with van der Waals surface area (Å²) in [7, 11) is 0. The lowest BCUT2D eigenvalue weighted by Gasteiger charge is -2.25. The second kappa shape index (κ2) is 9.03. The van der Waals surface area contributed by atoms with E-state index < -0.39 is 0 Å². The number of nitrogens with zero attached hydrogens (tertiary/aromatic N) is 2. The Morgan fingerprint density at radius 2 is 2.03 bits per heavy atom. The lowest BCUT2D eigenvalue weighted by molar-refractivity contribution is 0.0331. The van der Waals surface area contributed by atoms with Gasteiger partial charge in [0, 0.05) is 19.6 Å². The van der Waals surface area contributed by atoms with Crippen molar-refractivity contribution in [3.8, 4) is 0 Å². The third kappa shape index (κ3) is 4.58. The fraction of sp³-hybridized carbons (Fsp3) is 0.381. The van der Waals surface area contributed by atoms with Crippen LogP contribution in [0.2, 0.25) is 0 Å². The number of H-pyrrole nitrogens is 1. The predicted molar refractivity (Wildman–Crippen MR) is 114 cm³/mol. The van der Waals surface area contributed by atoms with Crippen molar-refractivity contribution < 1.29 is 13.9 Å². The van der Waals surface area contributed by atoms with Crippen LogP contribution < -0.4 is 10.9 Å². The summed E-state index contributed by atoms with van der Waals surface area (Å²) in [5, 5.41) is 3.35. The van der Waals surface area contributed by atoms with Gasteiger partial charge in [-0.05, 0) is 36.6 Å². The van der Waals surface area contributed by atoms with E-state index in [2.05, 4.69) is 20.2 Å². The number of amides is 1. The molecule has 4 rings (SSSR count). The van der Waals surface area contributed by atoms with E-state index in [0.717, 1.165) is 18.7 Å². The highest BCUT2D eigenvalue weighted by molar-refractivity contribution is 7.20. The number of fused-ring (bicyclic) bond motifs is 1. The van der Waals surface area contributed by atoms with Crippen LogP contribution >= 0.6 is 11.3 Å². The van der Waals surface area contributed by atoms with Crippen LogP contribution in [0.5, 0.6) is 0 Å². The first-order chi connectivity index (χ1) is 14.5. The molecule has 0 unspecified atom stereocenters. The summed E-state index contributed by atoms with van der Waals surface area (Å²) in [4.78, 5) is 36.0. The van der Waals surface area contributed by atoms with Crippen LogP contribution in [0.1, 0.15) is 26.6 Å². The van der Waals surface area contributed by atoms with Gasteiger partial charge in [0.1, 0.15) is 16.5 Å². The average Bonchev–Trinajstić information content (AvgIpc) is 3.07. The first-order valence-electron chi connectivity index (χ1n) is 9.86. The number of aromatic amines is 1. The zero-order valence-electron chi connectivity index (χ0n) is 16.7. The molecule has 7 nitrogen and oxygen atoms in total. The molecule has 0 bridgehead atoms. The summed E-state index contributed by atoms with van der Waals surface area (Å²) in [6.07, 6.45) is 0.596. The predicted octanol–water partition coefficient (Wildman–Crippen LogP) is 2.24. The number of thiophene rings is 1. The maximum atomic E-state index is 13.0. The highest BCUT2D eigenvalue weighted by Crippen LogP contribution is 2.27. The molecule has 0 spiro atoms. The van der Waals surface area contributed by atoms with E-state index in [4.69, 9.17) is 4.74 Å². The fourth-order valence-corrected chi connectivity index (χ4v) is 4.62. The average molecular weight is 431 g/mol. The van der Waals surface area contributed by atoms with E-state index in [1.807, 2.05) is 0 Å². The molecule has 0 saturated carbocycles. The largest absolute Gasteiger partial charge is 0.379 e. The Bertz CT molecular complexity index is 1100. The molecule has 3 aromatic rings.